The minimum Gasteiger partial charge on any atom is -0.480 e. The number of carboxylic acids is 1. The molecule has 0 saturated carbocycles. The summed E-state index contributed by atoms with van der Waals surface area (Å²) in [6.45, 7) is 5.13. The van der Waals surface area contributed by atoms with Gasteiger partial charge >= 0.3 is 5.97 Å². The lowest BCUT2D eigenvalue weighted by atomic mass is 10.1. The summed E-state index contributed by atoms with van der Waals surface area (Å²) in [5.74, 6) is -0.454. The molecule has 13 heavy (non-hydrogen) atoms. The predicted octanol–water partition coefficient (Wildman–Crippen LogP) is 0.304. The van der Waals surface area contributed by atoms with E-state index in [-0.39, 0.29) is 12.3 Å². The Hall–Kier alpha value is -0.870. The van der Waals surface area contributed by atoms with Crippen LogP contribution in [-0.4, -0.2) is 41.4 Å². The molecule has 2 fully saturated rings. The van der Waals surface area contributed by atoms with Crippen molar-refractivity contribution in [3.05, 3.63) is 12.7 Å². The number of ether oxygens (including phenoxy) is 1. The van der Waals surface area contributed by atoms with Gasteiger partial charge in [-0.25, -0.2) is 0 Å². The summed E-state index contributed by atoms with van der Waals surface area (Å²) >= 11 is 0. The Morgan fingerprint density at radius 3 is 2.85 bits per heavy atom. The Kier molecular flexibility index (Phi) is 2.09. The van der Waals surface area contributed by atoms with E-state index in [1.807, 2.05) is 11.0 Å². The number of hydrogen-bond acceptors (Lipinski definition) is 3. The van der Waals surface area contributed by atoms with E-state index in [2.05, 4.69) is 6.58 Å². The fourth-order valence-electron chi connectivity index (χ4n) is 1.86. The van der Waals surface area contributed by atoms with Crippen molar-refractivity contribution in [2.45, 2.75) is 18.7 Å². The maximum absolute atomic E-state index is 10.9. The summed E-state index contributed by atoms with van der Waals surface area (Å²) < 4.78 is 5.09. The van der Waals surface area contributed by atoms with Crippen LogP contribution in [0.2, 0.25) is 0 Å². The van der Waals surface area contributed by atoms with E-state index in [0.29, 0.717) is 18.9 Å². The molecular weight excluding hydrogens is 170 g/mol. The first-order valence-electron chi connectivity index (χ1n) is 4.45. The van der Waals surface area contributed by atoms with E-state index in [9.17, 15) is 4.79 Å². The third kappa shape index (κ3) is 1.59. The minimum atomic E-state index is -0.750. The molecule has 0 radical (unpaired) electrons. The third-order valence-electron chi connectivity index (χ3n) is 2.68. The van der Waals surface area contributed by atoms with Gasteiger partial charge in [0.1, 0.15) is 12.3 Å². The highest BCUT2D eigenvalue weighted by Gasteiger charge is 2.44. The molecule has 0 aliphatic carbocycles. The Balaban J connectivity index is 2.05. The Bertz CT molecular complexity index is 237. The van der Waals surface area contributed by atoms with Gasteiger partial charge in [0, 0.05) is 6.54 Å². The van der Waals surface area contributed by atoms with Gasteiger partial charge in [-0.05, 0) is 12.3 Å². The lowest BCUT2D eigenvalue weighted by Crippen LogP contribution is -2.38. The largest absolute Gasteiger partial charge is 0.480 e. The fourth-order valence-corrected chi connectivity index (χ4v) is 1.86. The number of aliphatic carboxylic acids is 1. The normalized spacial score (nSPS) is 38.9. The molecule has 0 bridgehead atoms. The molecule has 2 heterocycles. The van der Waals surface area contributed by atoms with E-state index < -0.39 is 5.97 Å². The molecule has 0 aromatic carbocycles. The van der Waals surface area contributed by atoms with Crippen molar-refractivity contribution in [2.75, 3.05) is 13.2 Å². The Morgan fingerprint density at radius 1 is 1.69 bits per heavy atom. The van der Waals surface area contributed by atoms with Crippen LogP contribution in [-0.2, 0) is 9.53 Å². The summed E-state index contributed by atoms with van der Waals surface area (Å²) in [6, 6.07) is -0.379. The second-order valence-electron chi connectivity index (χ2n) is 3.57. The van der Waals surface area contributed by atoms with Gasteiger partial charge in [0.25, 0.3) is 0 Å². The molecule has 4 nitrogen and oxygen atoms in total. The van der Waals surface area contributed by atoms with Crippen molar-refractivity contribution in [2.24, 2.45) is 5.92 Å². The van der Waals surface area contributed by atoms with Crippen molar-refractivity contribution >= 4 is 5.97 Å². The SMILES string of the molecule is C=CC1CC(C(=O)O)N(C2CO2)C1. The summed E-state index contributed by atoms with van der Waals surface area (Å²) in [6.07, 6.45) is 2.54. The highest BCUT2D eigenvalue weighted by Crippen LogP contribution is 2.30. The van der Waals surface area contributed by atoms with E-state index >= 15 is 0 Å². The Labute approximate surface area is 76.8 Å². The number of carboxylic acid groups (broad SMARTS) is 1. The molecule has 2 aliphatic rings. The van der Waals surface area contributed by atoms with Crippen molar-refractivity contribution in [1.29, 1.82) is 0 Å². The molecule has 0 aromatic rings. The minimum absolute atomic E-state index is 0.0473. The van der Waals surface area contributed by atoms with Gasteiger partial charge in [0.05, 0.1) is 6.61 Å². The number of likely N-dealkylation sites (tertiary alicyclic amines) is 1. The van der Waals surface area contributed by atoms with Crippen LogP contribution in [0.4, 0.5) is 0 Å². The van der Waals surface area contributed by atoms with E-state index in [1.54, 1.807) is 0 Å². The van der Waals surface area contributed by atoms with E-state index in [0.717, 1.165) is 6.54 Å². The molecule has 4 heteroatoms. The maximum atomic E-state index is 10.9. The van der Waals surface area contributed by atoms with Crippen LogP contribution >= 0.6 is 0 Å². The summed E-state index contributed by atoms with van der Waals surface area (Å²) in [5, 5.41) is 8.94. The zero-order valence-electron chi connectivity index (χ0n) is 7.35. The van der Waals surface area contributed by atoms with Crippen LogP contribution in [0.1, 0.15) is 6.42 Å². The molecule has 0 aromatic heterocycles. The predicted molar refractivity (Wildman–Crippen MR) is 46.2 cm³/mol. The number of carbonyl (C=O) groups is 1. The second-order valence-corrected chi connectivity index (χ2v) is 3.57. The van der Waals surface area contributed by atoms with Gasteiger partial charge in [-0.1, -0.05) is 6.08 Å². The third-order valence-corrected chi connectivity index (χ3v) is 2.68. The highest BCUT2D eigenvalue weighted by molar-refractivity contribution is 5.74. The van der Waals surface area contributed by atoms with Gasteiger partial charge in [-0.15, -0.1) is 6.58 Å². The lowest BCUT2D eigenvalue weighted by Gasteiger charge is -2.17. The molecule has 2 saturated heterocycles. The number of rotatable bonds is 3. The summed E-state index contributed by atoms with van der Waals surface area (Å²) in [5.41, 5.74) is 0. The topological polar surface area (TPSA) is 53.1 Å². The average molecular weight is 183 g/mol. The second kappa shape index (κ2) is 3.12. The lowest BCUT2D eigenvalue weighted by molar-refractivity contribution is -0.142. The first-order valence-corrected chi connectivity index (χ1v) is 4.45. The van der Waals surface area contributed by atoms with Gasteiger partial charge in [0.2, 0.25) is 0 Å². The van der Waals surface area contributed by atoms with Crippen LogP contribution in [0, 0.1) is 5.92 Å². The van der Waals surface area contributed by atoms with Crippen molar-refractivity contribution in [1.82, 2.24) is 4.90 Å². The summed E-state index contributed by atoms with van der Waals surface area (Å²) in [7, 11) is 0. The van der Waals surface area contributed by atoms with Crippen molar-refractivity contribution in [3.8, 4) is 0 Å². The summed E-state index contributed by atoms with van der Waals surface area (Å²) in [4.78, 5) is 12.8. The number of hydrogen-bond donors (Lipinski definition) is 1. The highest BCUT2D eigenvalue weighted by atomic mass is 16.6. The van der Waals surface area contributed by atoms with Crippen LogP contribution in [0.25, 0.3) is 0 Å². The van der Waals surface area contributed by atoms with E-state index in [1.165, 1.54) is 0 Å². The molecule has 2 rings (SSSR count). The monoisotopic (exact) mass is 183 g/mol. The Morgan fingerprint density at radius 2 is 2.38 bits per heavy atom. The number of epoxide rings is 1. The molecule has 1 N–H and O–H groups in total. The smallest absolute Gasteiger partial charge is 0.321 e. The van der Waals surface area contributed by atoms with Crippen LogP contribution < -0.4 is 0 Å². The fraction of sp³-hybridized carbons (Fsp3) is 0.667. The van der Waals surface area contributed by atoms with Crippen molar-refractivity contribution < 1.29 is 14.6 Å². The maximum Gasteiger partial charge on any atom is 0.321 e. The molecule has 2 aliphatic heterocycles. The van der Waals surface area contributed by atoms with Gasteiger partial charge < -0.3 is 9.84 Å². The molecule has 72 valence electrons. The molecule has 3 atom stereocenters. The van der Waals surface area contributed by atoms with Crippen LogP contribution in [0.5, 0.6) is 0 Å². The molecular formula is C9H13NO3. The quantitative estimate of drug-likeness (QED) is 0.505. The van der Waals surface area contributed by atoms with Gasteiger partial charge in [-0.2, -0.15) is 0 Å². The molecule has 0 spiro atoms. The van der Waals surface area contributed by atoms with Gasteiger partial charge in [-0.3, -0.25) is 9.69 Å². The molecule has 3 unspecified atom stereocenters. The van der Waals surface area contributed by atoms with E-state index in [4.69, 9.17) is 9.84 Å². The van der Waals surface area contributed by atoms with Crippen LogP contribution in [0.15, 0.2) is 12.7 Å². The zero-order chi connectivity index (χ0) is 9.42. The van der Waals surface area contributed by atoms with Crippen LogP contribution in [0.3, 0.4) is 0 Å². The number of nitrogens with zero attached hydrogens (tertiary/aromatic N) is 1. The first kappa shape index (κ1) is 8.72. The standard InChI is InChI=1S/C9H13NO3/c1-2-6-3-7(9(11)12)10(4-6)8-5-13-8/h2,6-8H,1,3-5H2,(H,11,12). The van der Waals surface area contributed by atoms with Crippen molar-refractivity contribution in [3.63, 3.8) is 0 Å². The first-order chi connectivity index (χ1) is 6.22. The van der Waals surface area contributed by atoms with Gasteiger partial charge in [0.15, 0.2) is 0 Å². The molecule has 0 amide bonds. The zero-order valence-corrected chi connectivity index (χ0v) is 7.35. The average Bonchev–Trinajstić information content (AvgIpc) is 2.84.